The molecule has 10 nitrogen and oxygen atoms in total. The van der Waals surface area contributed by atoms with E-state index in [-0.39, 0.29) is 62.4 Å². The fourth-order valence-corrected chi connectivity index (χ4v) is 4.47. The number of ether oxygens (including phenoxy) is 4. The highest BCUT2D eigenvalue weighted by Crippen LogP contribution is 2.42. The van der Waals surface area contributed by atoms with Gasteiger partial charge in [0.25, 0.3) is 5.92 Å². The van der Waals surface area contributed by atoms with Crippen molar-refractivity contribution in [2.75, 3.05) is 51.5 Å². The molecule has 2 fully saturated rings. The van der Waals surface area contributed by atoms with Gasteiger partial charge in [0.2, 0.25) is 5.76 Å². The Labute approximate surface area is 206 Å². The number of halogens is 5. The number of benzene rings is 1. The van der Waals surface area contributed by atoms with Gasteiger partial charge in [-0.1, -0.05) is 5.11 Å². The van der Waals surface area contributed by atoms with Crippen LogP contribution in [0.2, 0.25) is 0 Å². The Kier molecular flexibility index (Phi) is 7.51. The summed E-state index contributed by atoms with van der Waals surface area (Å²) in [7, 11) is 1.01. The lowest BCUT2D eigenvalue weighted by Gasteiger charge is -2.40. The molecule has 1 unspecified atom stereocenters. The van der Waals surface area contributed by atoms with Crippen LogP contribution < -0.4 is 4.90 Å². The fraction of sp³-hybridized carbons (Fsp3) is 0.591. The van der Waals surface area contributed by atoms with Crippen LogP contribution in [0.3, 0.4) is 0 Å². The van der Waals surface area contributed by atoms with Gasteiger partial charge >= 0.3 is 12.1 Å². The first-order chi connectivity index (χ1) is 17.5. The molecule has 2 aliphatic rings. The molecule has 4 rings (SSSR count). The van der Waals surface area contributed by atoms with Gasteiger partial charge in [-0.25, -0.2) is 13.6 Å². The molecular weight excluding hydrogens is 511 g/mol. The molecular formula is C22H23F5N4O6. The molecule has 0 amide bonds. The first kappa shape index (κ1) is 26.9. The second kappa shape index (κ2) is 10.3. The molecule has 1 aromatic carbocycles. The number of alkyl halides is 5. The number of furan rings is 1. The van der Waals surface area contributed by atoms with Crippen LogP contribution in [0.5, 0.6) is 0 Å². The Morgan fingerprint density at radius 2 is 1.97 bits per heavy atom. The number of carbonyl (C=O) groups excluding carboxylic acids is 1. The Morgan fingerprint density at radius 1 is 1.24 bits per heavy atom. The lowest BCUT2D eigenvalue weighted by molar-refractivity contribution is -0.255. The number of fused-ring (bicyclic) bond motifs is 1. The molecule has 2 aliphatic heterocycles. The van der Waals surface area contributed by atoms with E-state index >= 15 is 8.78 Å². The molecule has 2 saturated heterocycles. The third kappa shape index (κ3) is 5.59. The maximum absolute atomic E-state index is 15.7. The van der Waals surface area contributed by atoms with Crippen molar-refractivity contribution in [3.8, 4) is 0 Å². The second-order valence-corrected chi connectivity index (χ2v) is 8.54. The predicted octanol–water partition coefficient (Wildman–Crippen LogP) is 4.91. The molecule has 3 heterocycles. The van der Waals surface area contributed by atoms with Crippen molar-refractivity contribution in [2.24, 2.45) is 5.11 Å². The zero-order chi connectivity index (χ0) is 26.8. The summed E-state index contributed by atoms with van der Waals surface area (Å²) in [5.41, 5.74) is 7.09. The van der Waals surface area contributed by atoms with Crippen LogP contribution in [0.1, 0.15) is 29.0 Å². The number of nitrogens with zero attached hydrogens (tertiary/aromatic N) is 4. The van der Waals surface area contributed by atoms with Gasteiger partial charge in [0.15, 0.2) is 5.79 Å². The summed E-state index contributed by atoms with van der Waals surface area (Å²) in [5, 5.41) is 3.11. The molecule has 2 aromatic rings. The Balaban J connectivity index is 1.76. The van der Waals surface area contributed by atoms with Gasteiger partial charge in [-0.15, -0.1) is 0 Å². The summed E-state index contributed by atoms with van der Waals surface area (Å²) in [5.74, 6) is -6.46. The number of rotatable bonds is 8. The van der Waals surface area contributed by atoms with E-state index in [1.165, 1.54) is 0 Å². The number of anilines is 1. The minimum Gasteiger partial charge on any atom is -0.463 e. The normalized spacial score (nSPS) is 19.7. The maximum Gasteiger partial charge on any atom is 0.416 e. The molecule has 0 saturated carbocycles. The summed E-state index contributed by atoms with van der Waals surface area (Å²) >= 11 is 0. The molecule has 202 valence electrons. The minimum atomic E-state index is -4.75. The van der Waals surface area contributed by atoms with Crippen LogP contribution in [0, 0.1) is 0 Å². The molecule has 15 heteroatoms. The third-order valence-electron chi connectivity index (χ3n) is 6.19. The molecule has 0 radical (unpaired) electrons. The number of azide groups is 1. The average Bonchev–Trinajstić information content (AvgIpc) is 3.46. The van der Waals surface area contributed by atoms with Crippen LogP contribution in [-0.2, 0) is 25.1 Å². The van der Waals surface area contributed by atoms with Crippen LogP contribution in [0.15, 0.2) is 27.7 Å². The number of methoxy groups -OCH3 is 1. The highest BCUT2D eigenvalue weighted by molar-refractivity contribution is 6.04. The highest BCUT2D eigenvalue weighted by Gasteiger charge is 2.52. The molecule has 0 N–H and O–H groups in total. The first-order valence-corrected chi connectivity index (χ1v) is 11.2. The van der Waals surface area contributed by atoms with Crippen LogP contribution in [0.25, 0.3) is 21.4 Å². The van der Waals surface area contributed by atoms with Gasteiger partial charge in [-0.3, -0.25) is 0 Å². The monoisotopic (exact) mass is 534 g/mol. The summed E-state index contributed by atoms with van der Waals surface area (Å²) < 4.78 is 98.2. The van der Waals surface area contributed by atoms with Crippen molar-refractivity contribution >= 4 is 22.6 Å². The smallest absolute Gasteiger partial charge is 0.416 e. The third-order valence-corrected chi connectivity index (χ3v) is 6.19. The molecule has 1 aromatic heterocycles. The van der Waals surface area contributed by atoms with Gasteiger partial charge in [0.1, 0.15) is 11.7 Å². The van der Waals surface area contributed by atoms with Crippen LogP contribution in [-0.4, -0.2) is 70.3 Å². The van der Waals surface area contributed by atoms with Crippen molar-refractivity contribution in [1.82, 2.24) is 0 Å². The molecule has 1 atom stereocenters. The average molecular weight is 534 g/mol. The minimum absolute atomic E-state index is 0.0595. The van der Waals surface area contributed by atoms with Gasteiger partial charge in [0.05, 0.1) is 44.7 Å². The Morgan fingerprint density at radius 3 is 2.62 bits per heavy atom. The zero-order valence-electron chi connectivity index (χ0n) is 19.6. The van der Waals surface area contributed by atoms with E-state index in [2.05, 4.69) is 14.8 Å². The van der Waals surface area contributed by atoms with Crippen LogP contribution in [0.4, 0.5) is 27.6 Å². The second-order valence-electron chi connectivity index (χ2n) is 8.54. The first-order valence-electron chi connectivity index (χ1n) is 11.2. The van der Waals surface area contributed by atoms with Gasteiger partial charge in [-0.05, 0) is 23.7 Å². The van der Waals surface area contributed by atoms with E-state index in [0.29, 0.717) is 6.07 Å². The fourth-order valence-electron chi connectivity index (χ4n) is 4.47. The highest BCUT2D eigenvalue weighted by atomic mass is 19.4. The van der Waals surface area contributed by atoms with Crippen molar-refractivity contribution < 1.29 is 50.1 Å². The number of hydrogen-bond donors (Lipinski definition) is 0. The van der Waals surface area contributed by atoms with Crippen molar-refractivity contribution in [2.45, 2.75) is 36.8 Å². The van der Waals surface area contributed by atoms with Crippen molar-refractivity contribution in [1.29, 1.82) is 0 Å². The van der Waals surface area contributed by atoms with Gasteiger partial charge in [-0.2, -0.15) is 13.2 Å². The summed E-state index contributed by atoms with van der Waals surface area (Å²) in [6.45, 7) is -1.37. The van der Waals surface area contributed by atoms with E-state index in [0.717, 1.165) is 24.1 Å². The predicted molar refractivity (Wildman–Crippen MR) is 117 cm³/mol. The Hall–Kier alpha value is -3.13. The Bertz CT molecular complexity index is 1190. The van der Waals surface area contributed by atoms with Gasteiger partial charge < -0.3 is 28.3 Å². The van der Waals surface area contributed by atoms with E-state index in [1.54, 1.807) is 0 Å². The number of carbonyl (C=O) groups is 1. The molecule has 1 spiro atoms. The van der Waals surface area contributed by atoms with Crippen molar-refractivity contribution in [3.63, 3.8) is 0 Å². The van der Waals surface area contributed by atoms with E-state index in [9.17, 15) is 18.0 Å². The SMILES string of the molecule is COC(=O)c1oc2ccc(C(F)(F)F)cc2c1N(CCN=[N+]=[N-])CC(F)(F)C1CC2(CCO1)OCCO2. The van der Waals surface area contributed by atoms with Crippen LogP contribution >= 0.6 is 0 Å². The topological polar surface area (TPSA) is 119 Å². The standard InChI is InChI=1S/C22H23F5N4O6/c1-33-19(32)18-17(14-10-13(22(25,26)27)2-3-15(14)37-18)31(6-5-29-30-28)12-21(23,24)16-11-20(4-7-34-16)35-8-9-36-20/h2-3,10,16H,4-9,11-12H2,1H3. The molecule has 0 aliphatic carbocycles. The quantitative estimate of drug-likeness (QED) is 0.155. The summed E-state index contributed by atoms with van der Waals surface area (Å²) in [6, 6.07) is 2.43. The van der Waals surface area contributed by atoms with E-state index in [1.807, 2.05) is 0 Å². The maximum atomic E-state index is 15.7. The lowest BCUT2D eigenvalue weighted by atomic mass is 9.97. The summed E-state index contributed by atoms with van der Waals surface area (Å²) in [6.07, 6.45) is -6.43. The van der Waals surface area contributed by atoms with E-state index < -0.39 is 47.8 Å². The van der Waals surface area contributed by atoms with Crippen molar-refractivity contribution in [3.05, 3.63) is 40.0 Å². The molecule has 37 heavy (non-hydrogen) atoms. The van der Waals surface area contributed by atoms with E-state index in [4.69, 9.17) is 24.2 Å². The molecule has 0 bridgehead atoms. The zero-order valence-corrected chi connectivity index (χ0v) is 19.6. The number of hydrogen-bond acceptors (Lipinski definition) is 8. The number of esters is 1. The largest absolute Gasteiger partial charge is 0.463 e. The lowest BCUT2D eigenvalue weighted by Crippen LogP contribution is -2.53. The van der Waals surface area contributed by atoms with Gasteiger partial charge in [0, 0.05) is 36.2 Å². The summed E-state index contributed by atoms with van der Waals surface area (Å²) in [4.78, 5) is 16.0.